The number of aromatic nitrogens is 1. The molecular formula is C6H5IN2O. The van der Waals surface area contributed by atoms with E-state index in [1.54, 1.807) is 12.1 Å². The summed E-state index contributed by atoms with van der Waals surface area (Å²) in [7, 11) is 0. The van der Waals surface area contributed by atoms with Crippen molar-refractivity contribution in [3.63, 3.8) is 0 Å². The third-order valence-corrected chi connectivity index (χ3v) is 1.65. The zero-order valence-electron chi connectivity index (χ0n) is 5.04. The second-order valence-corrected chi connectivity index (χ2v) is 2.84. The van der Waals surface area contributed by atoms with Gasteiger partial charge < -0.3 is 5.73 Å². The number of nitrogens with zero attached hydrogens (tertiary/aromatic N) is 1. The highest BCUT2D eigenvalue weighted by molar-refractivity contribution is 14.1. The number of rotatable bonds is 1. The van der Waals surface area contributed by atoms with Gasteiger partial charge in [-0.2, -0.15) is 0 Å². The van der Waals surface area contributed by atoms with Gasteiger partial charge in [-0.15, -0.1) is 0 Å². The summed E-state index contributed by atoms with van der Waals surface area (Å²) in [5.74, 6) is -0.441. The largest absolute Gasteiger partial charge is 0.366 e. The monoisotopic (exact) mass is 248 g/mol. The van der Waals surface area contributed by atoms with Gasteiger partial charge in [0.05, 0.1) is 5.56 Å². The summed E-state index contributed by atoms with van der Waals surface area (Å²) in [6.07, 6.45) is 1.46. The number of carbonyl (C=O) groups excluding carboxylic acids is 1. The quantitative estimate of drug-likeness (QED) is 0.589. The Morgan fingerprint density at radius 3 is 2.70 bits per heavy atom. The molecular weight excluding hydrogens is 243 g/mol. The molecule has 1 aromatic heterocycles. The van der Waals surface area contributed by atoms with Crippen molar-refractivity contribution in [3.8, 4) is 0 Å². The number of primary amides is 1. The van der Waals surface area contributed by atoms with Crippen molar-refractivity contribution in [2.75, 3.05) is 0 Å². The number of nitrogens with two attached hydrogens (primary N) is 1. The molecule has 0 fully saturated rings. The average molecular weight is 248 g/mol. The van der Waals surface area contributed by atoms with Crippen molar-refractivity contribution in [1.29, 1.82) is 0 Å². The van der Waals surface area contributed by atoms with E-state index in [-0.39, 0.29) is 0 Å². The standard InChI is InChI=1S/C6H5IN2O/c7-5-2-1-4(3-9-5)6(8)10/h1-3H,(H2,8,10). The molecule has 0 unspecified atom stereocenters. The fourth-order valence-electron chi connectivity index (χ4n) is 0.522. The van der Waals surface area contributed by atoms with Gasteiger partial charge in [-0.25, -0.2) is 4.98 Å². The Balaban J connectivity index is 3.00. The Morgan fingerprint density at radius 2 is 2.30 bits per heavy atom. The molecule has 0 radical (unpaired) electrons. The van der Waals surface area contributed by atoms with E-state index >= 15 is 0 Å². The molecule has 1 amide bonds. The lowest BCUT2D eigenvalue weighted by Gasteiger charge is -1.92. The molecule has 1 rings (SSSR count). The summed E-state index contributed by atoms with van der Waals surface area (Å²) in [5.41, 5.74) is 5.43. The van der Waals surface area contributed by atoms with Crippen LogP contribution >= 0.6 is 22.6 Å². The van der Waals surface area contributed by atoms with Gasteiger partial charge in [0.15, 0.2) is 0 Å². The SMILES string of the molecule is NC(=O)c1ccc(I)nc1. The van der Waals surface area contributed by atoms with Crippen LogP contribution in [-0.4, -0.2) is 10.9 Å². The maximum absolute atomic E-state index is 10.5. The molecule has 4 heteroatoms. The van der Waals surface area contributed by atoms with Gasteiger partial charge in [0.1, 0.15) is 3.70 Å². The summed E-state index contributed by atoms with van der Waals surface area (Å²) < 4.78 is 0.850. The van der Waals surface area contributed by atoms with Crippen LogP contribution in [0.5, 0.6) is 0 Å². The van der Waals surface area contributed by atoms with Crippen molar-refractivity contribution < 1.29 is 4.79 Å². The summed E-state index contributed by atoms with van der Waals surface area (Å²) in [5, 5.41) is 0. The van der Waals surface area contributed by atoms with Crippen molar-refractivity contribution in [1.82, 2.24) is 4.98 Å². The lowest BCUT2D eigenvalue weighted by Crippen LogP contribution is -2.10. The third-order valence-electron chi connectivity index (χ3n) is 1.01. The summed E-state index contributed by atoms with van der Waals surface area (Å²) in [4.78, 5) is 14.4. The summed E-state index contributed by atoms with van der Waals surface area (Å²) >= 11 is 2.06. The molecule has 0 bridgehead atoms. The van der Waals surface area contributed by atoms with Gasteiger partial charge in [0.2, 0.25) is 5.91 Å². The number of pyridine rings is 1. The first-order chi connectivity index (χ1) is 4.70. The zero-order valence-corrected chi connectivity index (χ0v) is 7.20. The first kappa shape index (κ1) is 7.46. The zero-order chi connectivity index (χ0) is 7.56. The van der Waals surface area contributed by atoms with Crippen LogP contribution in [0, 0.1) is 3.70 Å². The van der Waals surface area contributed by atoms with Crippen molar-refractivity contribution in [2.45, 2.75) is 0 Å². The lowest BCUT2D eigenvalue weighted by molar-refractivity contribution is 0.1000. The molecule has 3 nitrogen and oxygen atoms in total. The molecule has 1 aromatic rings. The average Bonchev–Trinajstić information content (AvgIpc) is 1.88. The van der Waals surface area contributed by atoms with E-state index in [1.165, 1.54) is 6.20 Å². The third kappa shape index (κ3) is 1.66. The van der Waals surface area contributed by atoms with Crippen LogP contribution in [0.15, 0.2) is 18.3 Å². The van der Waals surface area contributed by atoms with Crippen LogP contribution in [-0.2, 0) is 0 Å². The fraction of sp³-hybridized carbons (Fsp3) is 0. The molecule has 0 spiro atoms. The minimum absolute atomic E-state index is 0.441. The molecule has 0 saturated heterocycles. The molecule has 0 aliphatic rings. The maximum Gasteiger partial charge on any atom is 0.250 e. The maximum atomic E-state index is 10.5. The van der Waals surface area contributed by atoms with Gasteiger partial charge >= 0.3 is 0 Å². The van der Waals surface area contributed by atoms with Gasteiger partial charge in [0, 0.05) is 6.20 Å². The van der Waals surface area contributed by atoms with E-state index in [2.05, 4.69) is 27.6 Å². The number of halogens is 1. The smallest absolute Gasteiger partial charge is 0.250 e. The molecule has 0 aliphatic carbocycles. The van der Waals surface area contributed by atoms with Gasteiger partial charge in [-0.3, -0.25) is 4.79 Å². The molecule has 52 valence electrons. The highest BCUT2D eigenvalue weighted by atomic mass is 127. The lowest BCUT2D eigenvalue weighted by atomic mass is 10.3. The number of hydrogen-bond acceptors (Lipinski definition) is 2. The molecule has 0 saturated carbocycles. The van der Waals surface area contributed by atoms with Crippen molar-refractivity contribution in [3.05, 3.63) is 27.6 Å². The molecule has 1 heterocycles. The Morgan fingerprint density at radius 1 is 1.60 bits per heavy atom. The molecule has 0 atom stereocenters. The highest BCUT2D eigenvalue weighted by Gasteiger charge is 1.97. The first-order valence-electron chi connectivity index (χ1n) is 2.61. The Labute approximate surface area is 71.8 Å². The van der Waals surface area contributed by atoms with E-state index in [4.69, 9.17) is 5.73 Å². The minimum Gasteiger partial charge on any atom is -0.366 e. The Bertz CT molecular complexity index is 244. The molecule has 0 aromatic carbocycles. The van der Waals surface area contributed by atoms with Crippen LogP contribution in [0.2, 0.25) is 0 Å². The van der Waals surface area contributed by atoms with E-state index < -0.39 is 5.91 Å². The summed E-state index contributed by atoms with van der Waals surface area (Å²) in [6.45, 7) is 0. The predicted molar refractivity (Wildman–Crippen MR) is 45.5 cm³/mol. The Hall–Kier alpha value is -0.650. The van der Waals surface area contributed by atoms with Crippen LogP contribution in [0.3, 0.4) is 0 Å². The second-order valence-electron chi connectivity index (χ2n) is 1.73. The van der Waals surface area contributed by atoms with Crippen molar-refractivity contribution in [2.24, 2.45) is 5.73 Å². The Kier molecular flexibility index (Phi) is 2.21. The van der Waals surface area contributed by atoms with Gasteiger partial charge in [0.25, 0.3) is 0 Å². The number of amides is 1. The predicted octanol–water partition coefficient (Wildman–Crippen LogP) is 0.785. The topological polar surface area (TPSA) is 56.0 Å². The van der Waals surface area contributed by atoms with E-state index in [0.29, 0.717) is 5.56 Å². The fourth-order valence-corrected chi connectivity index (χ4v) is 0.841. The summed E-state index contributed by atoms with van der Waals surface area (Å²) in [6, 6.07) is 3.39. The van der Waals surface area contributed by atoms with E-state index in [1.807, 2.05) is 0 Å². The second kappa shape index (κ2) is 2.96. The molecule has 2 N–H and O–H groups in total. The van der Waals surface area contributed by atoms with Crippen molar-refractivity contribution >= 4 is 28.5 Å². The first-order valence-corrected chi connectivity index (χ1v) is 3.69. The normalized spacial score (nSPS) is 9.30. The molecule has 0 aliphatic heterocycles. The van der Waals surface area contributed by atoms with Crippen LogP contribution in [0.25, 0.3) is 0 Å². The van der Waals surface area contributed by atoms with Gasteiger partial charge in [-0.05, 0) is 34.7 Å². The number of hydrogen-bond donors (Lipinski definition) is 1. The number of carbonyl (C=O) groups is 1. The highest BCUT2D eigenvalue weighted by Crippen LogP contribution is 2.01. The molecule has 10 heavy (non-hydrogen) atoms. The van der Waals surface area contributed by atoms with Gasteiger partial charge in [-0.1, -0.05) is 0 Å². The van der Waals surface area contributed by atoms with Crippen LogP contribution < -0.4 is 5.73 Å². The minimum atomic E-state index is -0.441. The van der Waals surface area contributed by atoms with E-state index in [9.17, 15) is 4.79 Å². The van der Waals surface area contributed by atoms with Crippen LogP contribution in [0.1, 0.15) is 10.4 Å². The van der Waals surface area contributed by atoms with Crippen LogP contribution in [0.4, 0.5) is 0 Å². The van der Waals surface area contributed by atoms with E-state index in [0.717, 1.165) is 3.70 Å².